The fraction of sp³-hybridized carbons (Fsp3) is 0.417. The van der Waals surface area contributed by atoms with Gasteiger partial charge in [-0.15, -0.1) is 0 Å². The second kappa shape index (κ2) is 7.87. The van der Waals surface area contributed by atoms with Gasteiger partial charge in [0.25, 0.3) is 5.69 Å². The normalized spacial score (nSPS) is 11.1. The molecule has 0 unspecified atom stereocenters. The van der Waals surface area contributed by atoms with Crippen LogP contribution in [0.1, 0.15) is 13.8 Å². The molecule has 0 aliphatic carbocycles. The molecule has 1 aromatic rings. The van der Waals surface area contributed by atoms with Crippen LogP contribution in [0.25, 0.3) is 0 Å². The van der Waals surface area contributed by atoms with Gasteiger partial charge in [-0.2, -0.15) is 0 Å². The van der Waals surface area contributed by atoms with E-state index < -0.39 is 24.7 Å². The Labute approximate surface area is 121 Å². The van der Waals surface area contributed by atoms with Gasteiger partial charge in [0.15, 0.2) is 0 Å². The van der Waals surface area contributed by atoms with Gasteiger partial charge in [0.1, 0.15) is 11.9 Å². The summed E-state index contributed by atoms with van der Waals surface area (Å²) in [5.74, 6) is -0.681. The topological polar surface area (TPSA) is 105 Å². The molecule has 0 aliphatic rings. The van der Waals surface area contributed by atoms with Crippen molar-refractivity contribution >= 4 is 19.3 Å². The van der Waals surface area contributed by atoms with Gasteiger partial charge in [0, 0.05) is 12.1 Å². The standard InChI is InChI=1S/C12H16NO7P/c1-3-18-21(17,19-4-2)9-12(14)20-11-7-5-10(6-8-11)13(15)16/h5-8H,3-4,9H2,1-2H3. The van der Waals surface area contributed by atoms with Crippen molar-refractivity contribution in [3.63, 3.8) is 0 Å². The first kappa shape index (κ1) is 17.3. The van der Waals surface area contributed by atoms with E-state index in [1.165, 1.54) is 24.3 Å². The van der Waals surface area contributed by atoms with Crippen molar-refractivity contribution in [2.24, 2.45) is 0 Å². The summed E-state index contributed by atoms with van der Waals surface area (Å²) < 4.78 is 27.0. The highest BCUT2D eigenvalue weighted by atomic mass is 31.2. The quantitative estimate of drug-likeness (QED) is 0.238. The second-order valence-corrected chi connectivity index (χ2v) is 5.88. The summed E-state index contributed by atoms with van der Waals surface area (Å²) in [5.41, 5.74) is -0.121. The molecule has 0 radical (unpaired) electrons. The molecule has 0 atom stereocenters. The summed E-state index contributed by atoms with van der Waals surface area (Å²) in [6.45, 7) is 3.55. The van der Waals surface area contributed by atoms with Crippen LogP contribution in [-0.2, 0) is 18.4 Å². The zero-order chi connectivity index (χ0) is 15.9. The maximum Gasteiger partial charge on any atom is 0.341 e. The molecule has 0 saturated carbocycles. The van der Waals surface area contributed by atoms with Crippen molar-refractivity contribution < 1.29 is 28.1 Å². The average Bonchev–Trinajstić information content (AvgIpc) is 2.39. The van der Waals surface area contributed by atoms with Crippen molar-refractivity contribution in [2.75, 3.05) is 19.4 Å². The van der Waals surface area contributed by atoms with Gasteiger partial charge in [-0.25, -0.2) is 0 Å². The number of nitrogens with zero attached hydrogens (tertiary/aromatic N) is 1. The van der Waals surface area contributed by atoms with Gasteiger partial charge in [-0.1, -0.05) is 0 Å². The molecule has 21 heavy (non-hydrogen) atoms. The monoisotopic (exact) mass is 317 g/mol. The average molecular weight is 317 g/mol. The highest BCUT2D eigenvalue weighted by Crippen LogP contribution is 2.47. The Hall–Kier alpha value is -1.76. The molecule has 1 aromatic carbocycles. The lowest BCUT2D eigenvalue weighted by molar-refractivity contribution is -0.384. The molecule has 0 spiro atoms. The first-order valence-corrected chi connectivity index (χ1v) is 7.96. The summed E-state index contributed by atoms with van der Waals surface area (Å²) in [5, 5.41) is 10.5. The fourth-order valence-electron chi connectivity index (χ4n) is 1.48. The van der Waals surface area contributed by atoms with Crippen LogP contribution < -0.4 is 4.74 Å². The highest BCUT2D eigenvalue weighted by Gasteiger charge is 2.28. The van der Waals surface area contributed by atoms with Crippen LogP contribution in [0.5, 0.6) is 5.75 Å². The lowest BCUT2D eigenvalue weighted by atomic mass is 10.3. The summed E-state index contributed by atoms with van der Waals surface area (Å²) in [7, 11) is -3.52. The minimum Gasteiger partial charge on any atom is -0.426 e. The molecule has 9 heteroatoms. The van der Waals surface area contributed by atoms with E-state index in [1.807, 2.05) is 0 Å². The number of ether oxygens (including phenoxy) is 1. The van der Waals surface area contributed by atoms with E-state index in [9.17, 15) is 19.5 Å². The third kappa shape index (κ3) is 5.63. The minimum atomic E-state index is -3.52. The van der Waals surface area contributed by atoms with Gasteiger partial charge in [-0.05, 0) is 26.0 Å². The number of benzene rings is 1. The van der Waals surface area contributed by atoms with Gasteiger partial charge in [-0.3, -0.25) is 19.5 Å². The number of carbonyl (C=O) groups excluding carboxylic acids is 1. The zero-order valence-electron chi connectivity index (χ0n) is 11.7. The van der Waals surface area contributed by atoms with E-state index >= 15 is 0 Å². The maximum absolute atomic E-state index is 12.1. The highest BCUT2D eigenvalue weighted by molar-refractivity contribution is 7.54. The van der Waals surface area contributed by atoms with E-state index in [0.717, 1.165) is 0 Å². The number of rotatable bonds is 8. The Balaban J connectivity index is 2.67. The largest absolute Gasteiger partial charge is 0.426 e. The number of esters is 1. The van der Waals surface area contributed by atoms with Crippen molar-refractivity contribution in [1.29, 1.82) is 0 Å². The SMILES string of the molecule is CCOP(=O)(CC(=O)Oc1ccc([N+](=O)[O-])cc1)OCC. The lowest BCUT2D eigenvalue weighted by Crippen LogP contribution is -2.15. The number of non-ortho nitro benzene ring substituents is 1. The molecular formula is C12H16NO7P. The van der Waals surface area contributed by atoms with E-state index in [2.05, 4.69) is 0 Å². The Morgan fingerprint density at radius 2 is 1.71 bits per heavy atom. The molecule has 0 aromatic heterocycles. The number of carbonyl (C=O) groups is 1. The van der Waals surface area contributed by atoms with Gasteiger partial charge >= 0.3 is 13.6 Å². The van der Waals surface area contributed by atoms with Gasteiger partial charge in [0.05, 0.1) is 18.1 Å². The van der Waals surface area contributed by atoms with E-state index in [-0.39, 0.29) is 24.7 Å². The number of hydrogen-bond acceptors (Lipinski definition) is 7. The van der Waals surface area contributed by atoms with Crippen LogP contribution >= 0.6 is 7.60 Å². The van der Waals surface area contributed by atoms with Crippen LogP contribution in [-0.4, -0.2) is 30.3 Å². The van der Waals surface area contributed by atoms with Crippen LogP contribution in [0.4, 0.5) is 5.69 Å². The minimum absolute atomic E-state index is 0.116. The van der Waals surface area contributed by atoms with E-state index in [1.54, 1.807) is 13.8 Å². The predicted octanol–water partition coefficient (Wildman–Crippen LogP) is 2.77. The molecule has 116 valence electrons. The Morgan fingerprint density at radius 1 is 1.19 bits per heavy atom. The molecule has 0 fully saturated rings. The first-order valence-electron chi connectivity index (χ1n) is 6.23. The molecule has 0 N–H and O–H groups in total. The maximum atomic E-state index is 12.1. The first-order chi connectivity index (χ1) is 9.90. The summed E-state index contributed by atoms with van der Waals surface area (Å²) >= 11 is 0. The van der Waals surface area contributed by atoms with Gasteiger partial charge < -0.3 is 13.8 Å². The van der Waals surface area contributed by atoms with Gasteiger partial charge in [0.2, 0.25) is 0 Å². The third-order valence-corrected chi connectivity index (χ3v) is 4.20. The molecule has 0 heterocycles. The van der Waals surface area contributed by atoms with Crippen LogP contribution in [0.3, 0.4) is 0 Å². The number of hydrogen-bond donors (Lipinski definition) is 0. The molecule has 0 amide bonds. The summed E-state index contributed by atoms with van der Waals surface area (Å²) in [4.78, 5) is 21.6. The molecule has 8 nitrogen and oxygen atoms in total. The molecular weight excluding hydrogens is 301 g/mol. The van der Waals surface area contributed by atoms with E-state index in [4.69, 9.17) is 13.8 Å². The van der Waals surface area contributed by atoms with E-state index in [0.29, 0.717) is 0 Å². The third-order valence-electron chi connectivity index (χ3n) is 2.25. The fourth-order valence-corrected chi connectivity index (χ4v) is 2.90. The summed E-state index contributed by atoms with van der Waals surface area (Å²) in [6, 6.07) is 4.96. The number of nitro groups is 1. The number of nitro benzene ring substituents is 1. The molecule has 1 rings (SSSR count). The van der Waals surface area contributed by atoms with Crippen LogP contribution in [0.15, 0.2) is 24.3 Å². The molecule has 0 aliphatic heterocycles. The Bertz CT molecular complexity index is 533. The van der Waals surface area contributed by atoms with Crippen LogP contribution in [0.2, 0.25) is 0 Å². The zero-order valence-corrected chi connectivity index (χ0v) is 12.6. The second-order valence-electron chi connectivity index (χ2n) is 3.83. The van der Waals surface area contributed by atoms with Crippen molar-refractivity contribution in [1.82, 2.24) is 0 Å². The van der Waals surface area contributed by atoms with Crippen molar-refractivity contribution in [3.8, 4) is 5.75 Å². The molecule has 0 bridgehead atoms. The van der Waals surface area contributed by atoms with Crippen molar-refractivity contribution in [3.05, 3.63) is 34.4 Å². The van der Waals surface area contributed by atoms with Crippen LogP contribution in [0, 0.1) is 10.1 Å². The lowest BCUT2D eigenvalue weighted by Gasteiger charge is -2.15. The Morgan fingerprint density at radius 3 is 2.14 bits per heavy atom. The van der Waals surface area contributed by atoms with Crippen molar-refractivity contribution in [2.45, 2.75) is 13.8 Å². The Kier molecular flexibility index (Phi) is 6.48. The molecule has 0 saturated heterocycles. The smallest absolute Gasteiger partial charge is 0.341 e. The predicted molar refractivity (Wildman–Crippen MR) is 74.5 cm³/mol. The summed E-state index contributed by atoms with van der Waals surface area (Å²) in [6.07, 6.45) is -0.522.